The van der Waals surface area contributed by atoms with Crippen molar-refractivity contribution in [2.24, 2.45) is 0 Å². The molecule has 230 valence electrons. The predicted octanol–water partition coefficient (Wildman–Crippen LogP) is 9.39. The van der Waals surface area contributed by atoms with Crippen molar-refractivity contribution in [3.05, 3.63) is 125 Å². The molecule has 5 fully saturated rings. The molecule has 0 spiro atoms. The number of benzene rings is 4. The van der Waals surface area contributed by atoms with E-state index in [0.29, 0.717) is 16.2 Å². The molecule has 0 aromatic heterocycles. The van der Waals surface area contributed by atoms with Crippen molar-refractivity contribution in [2.75, 3.05) is 0 Å². The maximum Gasteiger partial charge on any atom is 0.494 e. The van der Waals surface area contributed by atoms with E-state index in [1.165, 1.54) is 78.3 Å². The molecule has 4 aromatic rings. The molecular formula is C42H47BO2. The van der Waals surface area contributed by atoms with E-state index in [1.807, 2.05) is 0 Å². The highest BCUT2D eigenvalue weighted by Crippen LogP contribution is 2.73. The molecule has 4 saturated carbocycles. The highest BCUT2D eigenvalue weighted by Gasteiger charge is 2.68. The van der Waals surface area contributed by atoms with Crippen LogP contribution in [0, 0.1) is 6.92 Å². The van der Waals surface area contributed by atoms with Gasteiger partial charge in [0.2, 0.25) is 0 Å². The van der Waals surface area contributed by atoms with Crippen LogP contribution in [-0.2, 0) is 32.0 Å². The number of hydrogen-bond donors (Lipinski definition) is 0. The van der Waals surface area contributed by atoms with Crippen LogP contribution in [0.3, 0.4) is 0 Å². The third kappa shape index (κ3) is 4.76. The Morgan fingerprint density at radius 3 is 1.53 bits per heavy atom. The second kappa shape index (κ2) is 10.2. The van der Waals surface area contributed by atoms with Gasteiger partial charge in [-0.3, -0.25) is 0 Å². The maximum atomic E-state index is 6.29. The van der Waals surface area contributed by atoms with Crippen LogP contribution in [0.2, 0.25) is 0 Å². The molecule has 9 rings (SSSR count). The highest BCUT2D eigenvalue weighted by atomic mass is 16.7. The lowest BCUT2D eigenvalue weighted by molar-refractivity contribution is -0.0693. The van der Waals surface area contributed by atoms with E-state index in [0.717, 1.165) is 11.9 Å². The van der Waals surface area contributed by atoms with Gasteiger partial charge >= 0.3 is 7.12 Å². The van der Waals surface area contributed by atoms with Crippen molar-refractivity contribution in [3.8, 4) is 11.1 Å². The van der Waals surface area contributed by atoms with Crippen LogP contribution < -0.4 is 5.46 Å². The standard InChI is InChI=1S/C42H47BO2/c1-30-7-15-35(16-8-30)41-27-42(28-41,29-41)36-17-13-33(14-18-36)32-11-9-31(10-12-32)23-26-40(24-6-25-40)34-19-21-37(22-20-34)43-44-38(2,3)39(4,5)45-43/h7-22H,6,23-29H2,1-5H3. The van der Waals surface area contributed by atoms with E-state index in [1.54, 1.807) is 5.56 Å². The van der Waals surface area contributed by atoms with E-state index in [-0.39, 0.29) is 18.3 Å². The van der Waals surface area contributed by atoms with Crippen molar-refractivity contribution < 1.29 is 9.31 Å². The fourth-order valence-electron chi connectivity index (χ4n) is 8.83. The second-order valence-electron chi connectivity index (χ2n) is 16.1. The number of hydrogen-bond acceptors (Lipinski definition) is 2. The summed E-state index contributed by atoms with van der Waals surface area (Å²) in [4.78, 5) is 0. The third-order valence-corrected chi connectivity index (χ3v) is 12.7. The number of rotatable bonds is 8. The van der Waals surface area contributed by atoms with E-state index < -0.39 is 0 Å². The minimum atomic E-state index is -0.313. The first-order valence-electron chi connectivity index (χ1n) is 17.2. The summed E-state index contributed by atoms with van der Waals surface area (Å²) in [5, 5.41) is 0. The SMILES string of the molecule is Cc1ccc(C23CC(c4ccc(-c5ccc(CCC6(c7ccc(B8OC(C)(C)C(C)(C)O8)cc7)CCC6)cc5)cc4)(C2)C3)cc1. The maximum absolute atomic E-state index is 6.29. The van der Waals surface area contributed by atoms with Gasteiger partial charge < -0.3 is 9.31 Å². The molecule has 5 aliphatic rings. The molecule has 0 unspecified atom stereocenters. The molecule has 3 heteroatoms. The first-order valence-corrected chi connectivity index (χ1v) is 17.2. The van der Waals surface area contributed by atoms with E-state index >= 15 is 0 Å². The van der Waals surface area contributed by atoms with Crippen molar-refractivity contribution in [1.29, 1.82) is 0 Å². The zero-order chi connectivity index (χ0) is 31.1. The Morgan fingerprint density at radius 2 is 1.04 bits per heavy atom. The molecule has 0 radical (unpaired) electrons. The molecule has 1 aliphatic heterocycles. The van der Waals surface area contributed by atoms with Gasteiger partial charge in [0.25, 0.3) is 0 Å². The van der Waals surface area contributed by atoms with Gasteiger partial charge in [-0.2, -0.15) is 0 Å². The summed E-state index contributed by atoms with van der Waals surface area (Å²) in [5.74, 6) is 0. The minimum absolute atomic E-state index is 0.294. The van der Waals surface area contributed by atoms with Gasteiger partial charge in [-0.15, -0.1) is 0 Å². The van der Waals surface area contributed by atoms with Crippen LogP contribution in [0.15, 0.2) is 97.1 Å². The van der Waals surface area contributed by atoms with Gasteiger partial charge in [0.1, 0.15) is 0 Å². The third-order valence-electron chi connectivity index (χ3n) is 12.7. The van der Waals surface area contributed by atoms with Crippen LogP contribution in [0.5, 0.6) is 0 Å². The van der Waals surface area contributed by atoms with Crippen LogP contribution in [0.25, 0.3) is 11.1 Å². The Kier molecular flexibility index (Phi) is 6.62. The van der Waals surface area contributed by atoms with E-state index in [2.05, 4.69) is 132 Å². The first kappa shape index (κ1) is 29.3. The van der Waals surface area contributed by atoms with E-state index in [4.69, 9.17) is 9.31 Å². The Balaban J connectivity index is 0.886. The fourth-order valence-corrected chi connectivity index (χ4v) is 8.83. The Hall–Kier alpha value is -3.14. The van der Waals surface area contributed by atoms with Gasteiger partial charge in [0.15, 0.2) is 0 Å². The summed E-state index contributed by atoms with van der Waals surface area (Å²) in [6, 6.07) is 37.2. The van der Waals surface area contributed by atoms with Crippen LogP contribution in [-0.4, -0.2) is 18.3 Å². The molecule has 45 heavy (non-hydrogen) atoms. The minimum Gasteiger partial charge on any atom is -0.399 e. The van der Waals surface area contributed by atoms with Gasteiger partial charge in [0, 0.05) is 0 Å². The zero-order valence-electron chi connectivity index (χ0n) is 27.8. The van der Waals surface area contributed by atoms with Crippen LogP contribution in [0.4, 0.5) is 0 Å². The van der Waals surface area contributed by atoms with Crippen molar-refractivity contribution >= 4 is 12.6 Å². The normalized spacial score (nSPS) is 26.9. The number of aryl methyl sites for hydroxylation is 2. The zero-order valence-corrected chi connectivity index (χ0v) is 27.8. The summed E-state index contributed by atoms with van der Waals surface area (Å²) in [5.41, 5.74) is 11.6. The average Bonchev–Trinajstić information content (AvgIpc) is 3.19. The molecule has 1 saturated heterocycles. The summed E-state index contributed by atoms with van der Waals surface area (Å²) in [6.45, 7) is 10.6. The lowest BCUT2D eigenvalue weighted by atomic mass is 9.32. The first-order chi connectivity index (χ1) is 21.5. The summed E-state index contributed by atoms with van der Waals surface area (Å²) < 4.78 is 12.6. The van der Waals surface area contributed by atoms with Crippen molar-refractivity contribution in [2.45, 2.75) is 113 Å². The van der Waals surface area contributed by atoms with Gasteiger partial charge in [-0.05, 0) is 135 Å². The molecule has 4 aromatic carbocycles. The quantitative estimate of drug-likeness (QED) is 0.189. The van der Waals surface area contributed by atoms with Crippen LogP contribution >= 0.6 is 0 Å². The Bertz CT molecular complexity index is 1660. The largest absolute Gasteiger partial charge is 0.494 e. The highest BCUT2D eigenvalue weighted by molar-refractivity contribution is 6.62. The molecule has 0 atom stereocenters. The summed E-state index contributed by atoms with van der Waals surface area (Å²) in [6.07, 6.45) is 10.1. The lowest BCUT2D eigenvalue weighted by Crippen LogP contribution is -2.67. The van der Waals surface area contributed by atoms with Crippen molar-refractivity contribution in [1.82, 2.24) is 0 Å². The van der Waals surface area contributed by atoms with Crippen LogP contribution in [0.1, 0.15) is 100 Å². The van der Waals surface area contributed by atoms with Gasteiger partial charge in [-0.25, -0.2) is 0 Å². The molecule has 2 bridgehead atoms. The average molecular weight is 595 g/mol. The summed E-state index contributed by atoms with van der Waals surface area (Å²) >= 11 is 0. The smallest absolute Gasteiger partial charge is 0.399 e. The van der Waals surface area contributed by atoms with Crippen molar-refractivity contribution in [3.63, 3.8) is 0 Å². The molecule has 0 N–H and O–H groups in total. The summed E-state index contributed by atoms with van der Waals surface area (Å²) in [7, 11) is -0.296. The molecule has 0 amide bonds. The second-order valence-corrected chi connectivity index (χ2v) is 16.1. The molecule has 4 aliphatic carbocycles. The predicted molar refractivity (Wildman–Crippen MR) is 186 cm³/mol. The molecule has 1 heterocycles. The Labute approximate surface area is 270 Å². The topological polar surface area (TPSA) is 18.5 Å². The Morgan fingerprint density at radius 1 is 0.578 bits per heavy atom. The van der Waals surface area contributed by atoms with Gasteiger partial charge in [0.05, 0.1) is 11.2 Å². The monoisotopic (exact) mass is 594 g/mol. The molecular weight excluding hydrogens is 547 g/mol. The lowest BCUT2D eigenvalue weighted by Gasteiger charge is -2.71. The fraction of sp³-hybridized carbons (Fsp3) is 0.429. The van der Waals surface area contributed by atoms with E-state index in [9.17, 15) is 0 Å². The molecule has 2 nitrogen and oxygen atoms in total. The van der Waals surface area contributed by atoms with Gasteiger partial charge in [-0.1, -0.05) is 109 Å².